The number of methoxy groups -OCH3 is 1. The average molecular weight is 311 g/mol. The second-order valence-corrected chi connectivity index (χ2v) is 5.70. The van der Waals surface area contributed by atoms with Gasteiger partial charge in [-0.1, -0.05) is 17.7 Å². The van der Waals surface area contributed by atoms with Crippen molar-refractivity contribution in [3.05, 3.63) is 28.8 Å². The second-order valence-electron chi connectivity index (χ2n) is 5.29. The van der Waals surface area contributed by atoms with Crippen molar-refractivity contribution >= 4 is 17.5 Å². The average Bonchev–Trinajstić information content (AvgIpc) is 2.53. The van der Waals surface area contributed by atoms with Crippen LogP contribution in [-0.4, -0.2) is 37.6 Å². The number of piperidine rings is 1. The highest BCUT2D eigenvalue weighted by atomic mass is 35.5. The summed E-state index contributed by atoms with van der Waals surface area (Å²) in [4.78, 5) is 14.0. The Balaban J connectivity index is 1.75. The summed E-state index contributed by atoms with van der Waals surface area (Å²) in [5.74, 6) is 1.02. The van der Waals surface area contributed by atoms with E-state index in [9.17, 15) is 4.79 Å². The van der Waals surface area contributed by atoms with Crippen LogP contribution in [0.15, 0.2) is 18.2 Å². The summed E-state index contributed by atoms with van der Waals surface area (Å²) in [5.41, 5.74) is 0.937. The zero-order valence-electron chi connectivity index (χ0n) is 12.5. The number of likely N-dealkylation sites (tertiary alicyclic amines) is 1. The molecule has 0 atom stereocenters. The summed E-state index contributed by atoms with van der Waals surface area (Å²) < 4.78 is 5.30. The standard InChI is InChI=1S/C16H23ClN2O2/c1-21-15-7-5-6-14(17)13(15)12-18-9-8-16(20)19-10-3-2-4-11-19/h5-7,18H,2-4,8-12H2,1H3. The zero-order valence-corrected chi connectivity index (χ0v) is 13.3. The third-order valence-electron chi connectivity index (χ3n) is 3.82. The highest BCUT2D eigenvalue weighted by molar-refractivity contribution is 6.31. The van der Waals surface area contributed by atoms with Crippen LogP contribution in [-0.2, 0) is 11.3 Å². The van der Waals surface area contributed by atoms with E-state index in [1.54, 1.807) is 7.11 Å². The van der Waals surface area contributed by atoms with Crippen LogP contribution in [0.4, 0.5) is 0 Å². The Labute approximate surface area is 131 Å². The van der Waals surface area contributed by atoms with Gasteiger partial charge in [-0.25, -0.2) is 0 Å². The van der Waals surface area contributed by atoms with Crippen molar-refractivity contribution in [2.45, 2.75) is 32.2 Å². The number of nitrogens with one attached hydrogen (secondary N) is 1. The number of hydrogen-bond donors (Lipinski definition) is 1. The monoisotopic (exact) mass is 310 g/mol. The van der Waals surface area contributed by atoms with Gasteiger partial charge in [0, 0.05) is 43.2 Å². The molecule has 116 valence electrons. The van der Waals surface area contributed by atoms with Crippen LogP contribution in [0.3, 0.4) is 0 Å². The maximum Gasteiger partial charge on any atom is 0.223 e. The molecule has 0 unspecified atom stereocenters. The van der Waals surface area contributed by atoms with Crippen molar-refractivity contribution in [1.29, 1.82) is 0 Å². The molecule has 1 fully saturated rings. The fraction of sp³-hybridized carbons (Fsp3) is 0.562. The van der Waals surface area contributed by atoms with Gasteiger partial charge in [-0.2, -0.15) is 0 Å². The maximum atomic E-state index is 12.0. The van der Waals surface area contributed by atoms with Crippen molar-refractivity contribution in [3.8, 4) is 5.75 Å². The number of benzene rings is 1. The SMILES string of the molecule is COc1cccc(Cl)c1CNCCC(=O)N1CCCCC1. The normalized spacial score (nSPS) is 15.0. The van der Waals surface area contributed by atoms with Gasteiger partial charge >= 0.3 is 0 Å². The van der Waals surface area contributed by atoms with Crippen molar-refractivity contribution < 1.29 is 9.53 Å². The fourth-order valence-electron chi connectivity index (χ4n) is 2.61. The minimum atomic E-state index is 0.244. The number of rotatable bonds is 6. The molecule has 21 heavy (non-hydrogen) atoms. The Kier molecular flexibility index (Phi) is 6.33. The second kappa shape index (κ2) is 8.25. The molecule has 1 amide bonds. The first-order valence-corrected chi connectivity index (χ1v) is 7.90. The van der Waals surface area contributed by atoms with Gasteiger partial charge in [0.25, 0.3) is 0 Å². The molecule has 4 nitrogen and oxygen atoms in total. The Bertz CT molecular complexity index is 473. The number of hydrogen-bond acceptors (Lipinski definition) is 3. The smallest absolute Gasteiger partial charge is 0.223 e. The van der Waals surface area contributed by atoms with Gasteiger partial charge < -0.3 is 15.0 Å². The molecule has 0 radical (unpaired) electrons. The number of amides is 1. The van der Waals surface area contributed by atoms with E-state index < -0.39 is 0 Å². The lowest BCUT2D eigenvalue weighted by molar-refractivity contribution is -0.131. The quantitative estimate of drug-likeness (QED) is 0.822. The van der Waals surface area contributed by atoms with Crippen LogP contribution in [0.25, 0.3) is 0 Å². The van der Waals surface area contributed by atoms with Crippen molar-refractivity contribution in [1.82, 2.24) is 10.2 Å². The van der Waals surface area contributed by atoms with Gasteiger partial charge in [0.2, 0.25) is 5.91 Å². The molecule has 2 rings (SSSR count). The van der Waals surface area contributed by atoms with Gasteiger partial charge in [0.1, 0.15) is 5.75 Å². The third kappa shape index (κ3) is 4.61. The molecule has 0 aromatic heterocycles. The molecule has 5 heteroatoms. The van der Waals surface area contributed by atoms with Gasteiger partial charge in [-0.05, 0) is 31.4 Å². The first-order chi connectivity index (χ1) is 10.2. The summed E-state index contributed by atoms with van der Waals surface area (Å²) >= 11 is 6.18. The van der Waals surface area contributed by atoms with Crippen LogP contribution in [0.5, 0.6) is 5.75 Å². The first kappa shape index (κ1) is 16.1. The molecule has 0 spiro atoms. The molecule has 1 heterocycles. The number of ether oxygens (including phenoxy) is 1. The summed E-state index contributed by atoms with van der Waals surface area (Å²) in [7, 11) is 1.63. The number of halogens is 1. The summed E-state index contributed by atoms with van der Waals surface area (Å²) in [6, 6.07) is 5.60. The Hall–Kier alpha value is -1.26. The maximum absolute atomic E-state index is 12.0. The number of carbonyl (C=O) groups is 1. The number of nitrogens with zero attached hydrogens (tertiary/aromatic N) is 1. The van der Waals surface area contributed by atoms with Gasteiger partial charge in [0.15, 0.2) is 0 Å². The van der Waals surface area contributed by atoms with Crippen LogP contribution in [0.1, 0.15) is 31.2 Å². The molecule has 0 saturated carbocycles. The fourth-order valence-corrected chi connectivity index (χ4v) is 2.84. The molecule has 1 aromatic carbocycles. The summed E-state index contributed by atoms with van der Waals surface area (Å²) in [6.45, 7) is 3.09. The Morgan fingerprint density at radius 2 is 2.10 bits per heavy atom. The molecular formula is C16H23ClN2O2. The number of carbonyl (C=O) groups excluding carboxylic acids is 1. The van der Waals surface area contributed by atoms with Gasteiger partial charge in [-0.15, -0.1) is 0 Å². The van der Waals surface area contributed by atoms with Crippen LogP contribution in [0, 0.1) is 0 Å². The van der Waals surface area contributed by atoms with E-state index >= 15 is 0 Å². The summed E-state index contributed by atoms with van der Waals surface area (Å²) in [6.07, 6.45) is 4.05. The van der Waals surface area contributed by atoms with E-state index in [0.717, 1.165) is 37.2 Å². The lowest BCUT2D eigenvalue weighted by Crippen LogP contribution is -2.37. The Morgan fingerprint density at radius 3 is 2.81 bits per heavy atom. The molecule has 0 aliphatic carbocycles. The zero-order chi connectivity index (χ0) is 15.1. The molecule has 1 aromatic rings. The van der Waals surface area contributed by atoms with E-state index in [2.05, 4.69) is 5.32 Å². The van der Waals surface area contributed by atoms with E-state index in [1.165, 1.54) is 6.42 Å². The highest BCUT2D eigenvalue weighted by Crippen LogP contribution is 2.25. The van der Waals surface area contributed by atoms with Crippen molar-refractivity contribution in [2.75, 3.05) is 26.7 Å². The van der Waals surface area contributed by atoms with E-state index in [-0.39, 0.29) is 5.91 Å². The minimum absolute atomic E-state index is 0.244. The predicted octanol–water partition coefficient (Wildman–Crippen LogP) is 2.84. The Morgan fingerprint density at radius 1 is 1.33 bits per heavy atom. The molecule has 1 saturated heterocycles. The molecule has 1 aliphatic heterocycles. The highest BCUT2D eigenvalue weighted by Gasteiger charge is 2.15. The van der Waals surface area contributed by atoms with Gasteiger partial charge in [-0.3, -0.25) is 4.79 Å². The third-order valence-corrected chi connectivity index (χ3v) is 4.18. The molecule has 1 N–H and O–H groups in total. The molecule has 0 bridgehead atoms. The van der Waals surface area contributed by atoms with Gasteiger partial charge in [0.05, 0.1) is 7.11 Å². The van der Waals surface area contributed by atoms with Crippen LogP contribution < -0.4 is 10.1 Å². The lowest BCUT2D eigenvalue weighted by Gasteiger charge is -2.26. The predicted molar refractivity (Wildman–Crippen MR) is 84.8 cm³/mol. The molecular weight excluding hydrogens is 288 g/mol. The van der Waals surface area contributed by atoms with E-state index in [1.807, 2.05) is 23.1 Å². The van der Waals surface area contributed by atoms with E-state index in [4.69, 9.17) is 16.3 Å². The van der Waals surface area contributed by atoms with Crippen LogP contribution >= 0.6 is 11.6 Å². The topological polar surface area (TPSA) is 41.6 Å². The first-order valence-electron chi connectivity index (χ1n) is 7.52. The largest absolute Gasteiger partial charge is 0.496 e. The lowest BCUT2D eigenvalue weighted by atomic mass is 10.1. The van der Waals surface area contributed by atoms with Crippen molar-refractivity contribution in [3.63, 3.8) is 0 Å². The van der Waals surface area contributed by atoms with E-state index in [0.29, 0.717) is 24.5 Å². The minimum Gasteiger partial charge on any atom is -0.496 e. The van der Waals surface area contributed by atoms with Crippen molar-refractivity contribution in [2.24, 2.45) is 0 Å². The van der Waals surface area contributed by atoms with Crippen LogP contribution in [0.2, 0.25) is 5.02 Å². The molecule has 1 aliphatic rings. The summed E-state index contributed by atoms with van der Waals surface area (Å²) in [5, 5.41) is 3.96.